The normalized spacial score (nSPS) is 16.4. The molecule has 5 heteroatoms. The number of carbonyl (C=O) groups is 1. The first-order chi connectivity index (χ1) is 10.2. The van der Waals surface area contributed by atoms with Crippen LogP contribution in [0.3, 0.4) is 0 Å². The largest absolute Gasteiger partial charge is 0.493 e. The lowest BCUT2D eigenvalue weighted by Gasteiger charge is -2.11. The number of allylic oxidation sites excluding steroid dienone is 1. The summed E-state index contributed by atoms with van der Waals surface area (Å²) in [6, 6.07) is 5.87. The van der Waals surface area contributed by atoms with E-state index in [1.54, 1.807) is 14.2 Å². The number of hydrogen-bond donors (Lipinski definition) is 1. The molecule has 1 aromatic carbocycles. The molecule has 0 saturated carbocycles. The van der Waals surface area contributed by atoms with Crippen LogP contribution in [-0.4, -0.2) is 33.3 Å². The molecule has 1 aromatic rings. The van der Waals surface area contributed by atoms with Gasteiger partial charge in [0.15, 0.2) is 11.5 Å². The van der Waals surface area contributed by atoms with Crippen LogP contribution in [0.4, 0.5) is 0 Å². The van der Waals surface area contributed by atoms with Crippen molar-refractivity contribution >= 4 is 5.97 Å². The van der Waals surface area contributed by atoms with Crippen LogP contribution in [0.5, 0.6) is 11.5 Å². The number of methoxy groups -OCH3 is 2. The summed E-state index contributed by atoms with van der Waals surface area (Å²) in [7, 11) is 3.25. The minimum absolute atomic E-state index is 0.203. The highest BCUT2D eigenvalue weighted by Crippen LogP contribution is 2.27. The van der Waals surface area contributed by atoms with Crippen molar-refractivity contribution in [3.63, 3.8) is 0 Å². The summed E-state index contributed by atoms with van der Waals surface area (Å²) in [4.78, 5) is 11.5. The second-order valence-corrected chi connectivity index (χ2v) is 4.86. The van der Waals surface area contributed by atoms with Crippen LogP contribution in [-0.2, 0) is 16.0 Å². The highest BCUT2D eigenvalue weighted by atomic mass is 16.5. The summed E-state index contributed by atoms with van der Waals surface area (Å²) in [5.74, 6) is 1.25. The second-order valence-electron chi connectivity index (χ2n) is 4.86. The molecule has 0 bridgehead atoms. The van der Waals surface area contributed by atoms with Crippen molar-refractivity contribution in [1.82, 2.24) is 5.32 Å². The van der Waals surface area contributed by atoms with Gasteiger partial charge >= 0.3 is 5.97 Å². The minimum atomic E-state index is -0.203. The zero-order valence-electron chi connectivity index (χ0n) is 12.7. The SMILES string of the molecule is COc1ccc(CCN/C(C)=C2/CCOC2=O)cc1OC. The molecule has 1 heterocycles. The molecule has 0 aliphatic carbocycles. The Morgan fingerprint density at radius 2 is 2.05 bits per heavy atom. The van der Waals surface area contributed by atoms with Crippen molar-refractivity contribution in [2.24, 2.45) is 0 Å². The van der Waals surface area contributed by atoms with E-state index in [-0.39, 0.29) is 5.97 Å². The molecule has 0 radical (unpaired) electrons. The van der Waals surface area contributed by atoms with E-state index in [1.165, 1.54) is 0 Å². The van der Waals surface area contributed by atoms with Crippen LogP contribution in [0.15, 0.2) is 29.5 Å². The van der Waals surface area contributed by atoms with E-state index in [4.69, 9.17) is 14.2 Å². The molecule has 1 aliphatic rings. The van der Waals surface area contributed by atoms with E-state index in [2.05, 4.69) is 5.32 Å². The van der Waals surface area contributed by atoms with Gasteiger partial charge in [0.2, 0.25) is 0 Å². The molecular formula is C16H21NO4. The molecule has 1 aliphatic heterocycles. The highest BCUT2D eigenvalue weighted by Gasteiger charge is 2.20. The van der Waals surface area contributed by atoms with Crippen LogP contribution in [0.25, 0.3) is 0 Å². The number of carbonyl (C=O) groups excluding carboxylic acids is 1. The molecule has 114 valence electrons. The van der Waals surface area contributed by atoms with Crippen molar-refractivity contribution < 1.29 is 19.0 Å². The summed E-state index contributed by atoms with van der Waals surface area (Å²) in [6.45, 7) is 3.15. The van der Waals surface area contributed by atoms with Gasteiger partial charge in [-0.2, -0.15) is 0 Å². The maximum absolute atomic E-state index is 11.5. The summed E-state index contributed by atoms with van der Waals surface area (Å²) in [5.41, 5.74) is 2.80. The maximum Gasteiger partial charge on any atom is 0.335 e. The van der Waals surface area contributed by atoms with E-state index in [1.807, 2.05) is 25.1 Å². The molecule has 1 saturated heterocycles. The van der Waals surface area contributed by atoms with Gasteiger partial charge in [-0.05, 0) is 31.0 Å². The van der Waals surface area contributed by atoms with E-state index in [9.17, 15) is 4.79 Å². The first kappa shape index (κ1) is 15.2. The quantitative estimate of drug-likeness (QED) is 0.642. The summed E-state index contributed by atoms with van der Waals surface area (Å²) in [6.07, 6.45) is 1.52. The lowest BCUT2D eigenvalue weighted by atomic mass is 10.1. The monoisotopic (exact) mass is 291 g/mol. The Labute approximate surface area is 124 Å². The molecule has 0 amide bonds. The molecule has 5 nitrogen and oxygen atoms in total. The van der Waals surface area contributed by atoms with Gasteiger partial charge in [-0.3, -0.25) is 0 Å². The lowest BCUT2D eigenvalue weighted by molar-refractivity contribution is -0.135. The van der Waals surface area contributed by atoms with Crippen molar-refractivity contribution in [1.29, 1.82) is 0 Å². The fourth-order valence-electron chi connectivity index (χ4n) is 2.31. The van der Waals surface area contributed by atoms with Gasteiger partial charge in [0.25, 0.3) is 0 Å². The molecule has 0 aromatic heterocycles. The first-order valence-electron chi connectivity index (χ1n) is 6.97. The van der Waals surface area contributed by atoms with Gasteiger partial charge in [0.1, 0.15) is 0 Å². The predicted octanol–water partition coefficient (Wildman–Crippen LogP) is 2.06. The fourth-order valence-corrected chi connectivity index (χ4v) is 2.31. The molecule has 0 unspecified atom stereocenters. The maximum atomic E-state index is 11.5. The van der Waals surface area contributed by atoms with E-state index in [0.29, 0.717) is 13.0 Å². The molecule has 1 N–H and O–H groups in total. The Morgan fingerprint density at radius 3 is 2.67 bits per heavy atom. The smallest absolute Gasteiger partial charge is 0.335 e. The fraction of sp³-hybridized carbons (Fsp3) is 0.438. The summed E-state index contributed by atoms with van der Waals surface area (Å²) < 4.78 is 15.4. The number of benzene rings is 1. The number of ether oxygens (including phenoxy) is 3. The van der Waals surface area contributed by atoms with Gasteiger partial charge in [0.05, 0.1) is 26.4 Å². The zero-order valence-corrected chi connectivity index (χ0v) is 12.7. The van der Waals surface area contributed by atoms with Crippen LogP contribution in [0, 0.1) is 0 Å². The van der Waals surface area contributed by atoms with Crippen molar-refractivity contribution in [3.05, 3.63) is 35.0 Å². The zero-order chi connectivity index (χ0) is 15.2. The number of rotatable bonds is 6. The highest BCUT2D eigenvalue weighted by molar-refractivity contribution is 5.90. The van der Waals surface area contributed by atoms with Crippen LogP contribution >= 0.6 is 0 Å². The average molecular weight is 291 g/mol. The third-order valence-electron chi connectivity index (χ3n) is 3.54. The Balaban J connectivity index is 1.93. The summed E-state index contributed by atoms with van der Waals surface area (Å²) in [5, 5.41) is 3.28. The summed E-state index contributed by atoms with van der Waals surface area (Å²) >= 11 is 0. The van der Waals surface area contributed by atoms with Crippen molar-refractivity contribution in [2.75, 3.05) is 27.4 Å². The third-order valence-corrected chi connectivity index (χ3v) is 3.54. The molecule has 21 heavy (non-hydrogen) atoms. The van der Waals surface area contributed by atoms with Gasteiger partial charge < -0.3 is 19.5 Å². The Hall–Kier alpha value is -2.17. The average Bonchev–Trinajstić information content (AvgIpc) is 2.93. The van der Waals surface area contributed by atoms with Gasteiger partial charge in [0, 0.05) is 18.7 Å². The Kier molecular flexibility index (Phi) is 5.09. The topological polar surface area (TPSA) is 56.8 Å². The second kappa shape index (κ2) is 7.02. The first-order valence-corrected chi connectivity index (χ1v) is 6.97. The van der Waals surface area contributed by atoms with Crippen molar-refractivity contribution in [2.45, 2.75) is 19.8 Å². The number of cyclic esters (lactones) is 1. The number of nitrogens with one attached hydrogen (secondary N) is 1. The van der Waals surface area contributed by atoms with E-state index in [0.717, 1.165) is 41.3 Å². The van der Waals surface area contributed by atoms with Gasteiger partial charge in [-0.25, -0.2) is 4.79 Å². The lowest BCUT2D eigenvalue weighted by Crippen LogP contribution is -2.18. The molecule has 2 rings (SSSR count). The molecule has 0 atom stereocenters. The Morgan fingerprint density at radius 1 is 1.29 bits per heavy atom. The minimum Gasteiger partial charge on any atom is -0.493 e. The predicted molar refractivity (Wildman–Crippen MR) is 79.5 cm³/mol. The van der Waals surface area contributed by atoms with Crippen LogP contribution < -0.4 is 14.8 Å². The molecule has 0 spiro atoms. The number of esters is 1. The Bertz CT molecular complexity index is 551. The van der Waals surface area contributed by atoms with Gasteiger partial charge in [-0.1, -0.05) is 6.07 Å². The molecule has 1 fully saturated rings. The third kappa shape index (κ3) is 3.68. The van der Waals surface area contributed by atoms with E-state index >= 15 is 0 Å². The van der Waals surface area contributed by atoms with Crippen molar-refractivity contribution in [3.8, 4) is 11.5 Å². The van der Waals surface area contributed by atoms with Crippen LogP contribution in [0.1, 0.15) is 18.9 Å². The van der Waals surface area contributed by atoms with Gasteiger partial charge in [-0.15, -0.1) is 0 Å². The van der Waals surface area contributed by atoms with Crippen LogP contribution in [0.2, 0.25) is 0 Å². The van der Waals surface area contributed by atoms with E-state index < -0.39 is 0 Å². The standard InChI is InChI=1S/C16H21NO4/c1-11(13-7-9-21-16(13)18)17-8-6-12-4-5-14(19-2)15(10-12)20-3/h4-5,10,17H,6-9H2,1-3H3/b13-11-. The number of hydrogen-bond acceptors (Lipinski definition) is 5. The molecular weight excluding hydrogens is 270 g/mol.